The number of thioether (sulfide) groups is 1. The van der Waals surface area contributed by atoms with Gasteiger partial charge < -0.3 is 24.7 Å². The molecule has 4 aromatic rings. The average Bonchev–Trinajstić information content (AvgIpc) is 3.62. The lowest BCUT2D eigenvalue weighted by atomic mass is 10.1. The first-order valence-electron chi connectivity index (χ1n) is 12.3. The number of amides is 4. The Balaban J connectivity index is 1.18. The number of hydrogen-bond donors (Lipinski definition) is 2. The van der Waals surface area contributed by atoms with Crippen molar-refractivity contribution in [3.8, 4) is 11.5 Å². The number of carbonyl (C=O) groups is 4. The van der Waals surface area contributed by atoms with Gasteiger partial charge in [-0.05, 0) is 48.2 Å². The molecule has 40 heavy (non-hydrogen) atoms. The summed E-state index contributed by atoms with van der Waals surface area (Å²) >= 11 is 0.776. The Morgan fingerprint density at radius 3 is 2.42 bits per heavy atom. The van der Waals surface area contributed by atoms with E-state index in [9.17, 15) is 19.2 Å². The molecule has 3 heterocycles. The van der Waals surface area contributed by atoms with Gasteiger partial charge in [0.1, 0.15) is 13.1 Å². The fraction of sp³-hybridized carbons (Fsp3) is 0.103. The summed E-state index contributed by atoms with van der Waals surface area (Å²) in [6.07, 6.45) is 3.38. The third kappa shape index (κ3) is 5.14. The van der Waals surface area contributed by atoms with Crippen molar-refractivity contribution in [2.75, 3.05) is 24.0 Å². The smallest absolute Gasteiger partial charge is 0.294 e. The van der Waals surface area contributed by atoms with Crippen LogP contribution in [0.1, 0.15) is 5.56 Å². The van der Waals surface area contributed by atoms with E-state index in [-0.39, 0.29) is 24.2 Å². The van der Waals surface area contributed by atoms with Crippen LogP contribution in [0.4, 0.5) is 16.2 Å². The fourth-order valence-corrected chi connectivity index (χ4v) is 5.32. The van der Waals surface area contributed by atoms with E-state index in [2.05, 4.69) is 10.6 Å². The van der Waals surface area contributed by atoms with Crippen LogP contribution in [0.3, 0.4) is 0 Å². The Bertz CT molecular complexity index is 1700. The Morgan fingerprint density at radius 1 is 0.850 bits per heavy atom. The van der Waals surface area contributed by atoms with Crippen molar-refractivity contribution in [3.63, 3.8) is 0 Å². The molecular weight excluding hydrogens is 532 g/mol. The van der Waals surface area contributed by atoms with Crippen LogP contribution in [0.25, 0.3) is 17.0 Å². The van der Waals surface area contributed by atoms with Crippen molar-refractivity contribution >= 4 is 63.1 Å². The standard InChI is InChI=1S/C29H22N4O6S/c34-26(31-20-10-11-23-24(13-20)39-17-38-23)15-32-14-18(21-8-4-5-9-22(21)32)12-25-28(36)33(29(37)40-25)16-27(35)30-19-6-2-1-3-7-19/h1-14H,15-17H2,(H,30,35)(H,31,34)/b25-12-. The van der Waals surface area contributed by atoms with E-state index in [1.54, 1.807) is 59.3 Å². The molecule has 2 N–H and O–H groups in total. The normalized spacial score (nSPS) is 15.2. The van der Waals surface area contributed by atoms with Crippen LogP contribution in [0.5, 0.6) is 11.5 Å². The maximum absolute atomic E-state index is 13.1. The van der Waals surface area contributed by atoms with E-state index in [4.69, 9.17) is 9.47 Å². The van der Waals surface area contributed by atoms with Gasteiger partial charge in [0.05, 0.1) is 4.91 Å². The number of fused-ring (bicyclic) bond motifs is 2. The molecule has 11 heteroatoms. The molecule has 1 aromatic heterocycles. The molecule has 1 saturated heterocycles. The van der Waals surface area contributed by atoms with Crippen LogP contribution in [0.15, 0.2) is 83.9 Å². The minimum Gasteiger partial charge on any atom is -0.454 e. The van der Waals surface area contributed by atoms with Gasteiger partial charge in [0.2, 0.25) is 18.6 Å². The van der Waals surface area contributed by atoms with E-state index in [1.807, 2.05) is 30.3 Å². The highest BCUT2D eigenvalue weighted by Crippen LogP contribution is 2.35. The number of ether oxygens (including phenoxy) is 2. The molecule has 0 unspecified atom stereocenters. The van der Waals surface area contributed by atoms with Crippen molar-refractivity contribution in [1.29, 1.82) is 0 Å². The zero-order valence-electron chi connectivity index (χ0n) is 21.0. The van der Waals surface area contributed by atoms with Crippen LogP contribution in [-0.2, 0) is 20.9 Å². The Morgan fingerprint density at radius 2 is 1.57 bits per heavy atom. The predicted molar refractivity (Wildman–Crippen MR) is 151 cm³/mol. The zero-order valence-corrected chi connectivity index (χ0v) is 21.8. The van der Waals surface area contributed by atoms with Gasteiger partial charge in [-0.25, -0.2) is 0 Å². The zero-order chi connectivity index (χ0) is 27.6. The summed E-state index contributed by atoms with van der Waals surface area (Å²) in [5.41, 5.74) is 2.61. The van der Waals surface area contributed by atoms with Gasteiger partial charge in [0, 0.05) is 40.1 Å². The van der Waals surface area contributed by atoms with Crippen LogP contribution >= 0.6 is 11.8 Å². The van der Waals surface area contributed by atoms with Crippen LogP contribution in [-0.4, -0.2) is 45.8 Å². The lowest BCUT2D eigenvalue weighted by molar-refractivity contribution is -0.127. The van der Waals surface area contributed by atoms with Crippen molar-refractivity contribution in [3.05, 3.63) is 89.5 Å². The number of rotatable bonds is 7. The number of aromatic nitrogens is 1. The van der Waals surface area contributed by atoms with E-state index in [0.717, 1.165) is 27.6 Å². The lowest BCUT2D eigenvalue weighted by Gasteiger charge is -2.12. The highest BCUT2D eigenvalue weighted by atomic mass is 32.2. The molecule has 3 aromatic carbocycles. The van der Waals surface area contributed by atoms with Gasteiger partial charge in [-0.3, -0.25) is 24.1 Å². The van der Waals surface area contributed by atoms with Crippen LogP contribution < -0.4 is 20.1 Å². The van der Waals surface area contributed by atoms with Gasteiger partial charge in [0.25, 0.3) is 11.1 Å². The van der Waals surface area contributed by atoms with E-state index >= 15 is 0 Å². The molecule has 0 spiro atoms. The third-order valence-electron chi connectivity index (χ3n) is 6.31. The monoisotopic (exact) mass is 554 g/mol. The Labute approximate surface area is 232 Å². The average molecular weight is 555 g/mol. The molecular formula is C29H22N4O6S. The quantitative estimate of drug-likeness (QED) is 0.318. The first kappa shape index (κ1) is 25.3. The Hall–Kier alpha value is -5.03. The third-order valence-corrected chi connectivity index (χ3v) is 7.22. The van der Waals surface area contributed by atoms with Crippen molar-refractivity contribution in [2.24, 2.45) is 0 Å². The molecule has 0 saturated carbocycles. The summed E-state index contributed by atoms with van der Waals surface area (Å²) in [6, 6.07) is 21.5. The summed E-state index contributed by atoms with van der Waals surface area (Å²) in [5, 5.41) is 5.83. The number of imide groups is 1. The summed E-state index contributed by atoms with van der Waals surface area (Å²) in [6.45, 7) is -0.228. The molecule has 2 aliphatic heterocycles. The second-order valence-corrected chi connectivity index (χ2v) is 10.0. The number of para-hydroxylation sites is 2. The second-order valence-electron chi connectivity index (χ2n) is 9.03. The van der Waals surface area contributed by atoms with Crippen molar-refractivity contribution in [1.82, 2.24) is 9.47 Å². The summed E-state index contributed by atoms with van der Waals surface area (Å²) in [4.78, 5) is 52.1. The van der Waals surface area contributed by atoms with Gasteiger partial charge in [0.15, 0.2) is 11.5 Å². The number of nitrogens with zero attached hydrogens (tertiary/aromatic N) is 2. The van der Waals surface area contributed by atoms with E-state index < -0.39 is 23.6 Å². The number of hydrogen-bond acceptors (Lipinski definition) is 7. The SMILES string of the molecule is O=C(CN1C(=O)S/C(=C\c2cn(CC(=O)Nc3ccc4c(c3)OCO4)c3ccccc23)C1=O)Nc1ccccc1. The largest absolute Gasteiger partial charge is 0.454 e. The van der Waals surface area contributed by atoms with Gasteiger partial charge in [-0.1, -0.05) is 36.4 Å². The first-order chi connectivity index (χ1) is 19.4. The molecule has 0 atom stereocenters. The second kappa shape index (κ2) is 10.6. The lowest BCUT2D eigenvalue weighted by Crippen LogP contribution is -2.36. The minimum atomic E-state index is -0.546. The molecule has 6 rings (SSSR count). The summed E-state index contributed by atoms with van der Waals surface area (Å²) in [7, 11) is 0. The molecule has 1 fully saturated rings. The molecule has 2 aliphatic rings. The maximum Gasteiger partial charge on any atom is 0.294 e. The van der Waals surface area contributed by atoms with Gasteiger partial charge in [-0.2, -0.15) is 0 Å². The molecule has 0 radical (unpaired) electrons. The minimum absolute atomic E-state index is 0.0178. The number of benzene rings is 3. The van der Waals surface area contributed by atoms with Crippen LogP contribution in [0, 0.1) is 0 Å². The van der Waals surface area contributed by atoms with E-state index in [0.29, 0.717) is 28.4 Å². The fourth-order valence-electron chi connectivity index (χ4n) is 4.49. The topological polar surface area (TPSA) is 119 Å². The molecule has 10 nitrogen and oxygen atoms in total. The van der Waals surface area contributed by atoms with E-state index in [1.165, 1.54) is 0 Å². The van der Waals surface area contributed by atoms with Gasteiger partial charge >= 0.3 is 0 Å². The highest BCUT2D eigenvalue weighted by Gasteiger charge is 2.36. The molecule has 4 amide bonds. The summed E-state index contributed by atoms with van der Waals surface area (Å²) < 4.78 is 12.5. The highest BCUT2D eigenvalue weighted by molar-refractivity contribution is 8.18. The number of carbonyl (C=O) groups excluding carboxylic acids is 4. The summed E-state index contributed by atoms with van der Waals surface area (Å²) in [5.74, 6) is -0.0791. The van der Waals surface area contributed by atoms with Crippen molar-refractivity contribution in [2.45, 2.75) is 6.54 Å². The molecule has 0 bridgehead atoms. The first-order valence-corrected chi connectivity index (χ1v) is 13.1. The molecule has 200 valence electrons. The predicted octanol–water partition coefficient (Wildman–Crippen LogP) is 4.68. The number of nitrogens with one attached hydrogen (secondary N) is 2. The molecule has 0 aliphatic carbocycles. The van der Waals surface area contributed by atoms with Gasteiger partial charge in [-0.15, -0.1) is 0 Å². The maximum atomic E-state index is 13.1. The van der Waals surface area contributed by atoms with Crippen molar-refractivity contribution < 1.29 is 28.7 Å². The number of anilines is 2. The van der Waals surface area contributed by atoms with Crippen LogP contribution in [0.2, 0.25) is 0 Å². The Kier molecular flexibility index (Phi) is 6.71.